The molecule has 198 valence electrons. The Hall–Kier alpha value is -3.17. The predicted octanol–water partition coefficient (Wildman–Crippen LogP) is 4.80. The molecule has 0 spiro atoms. The fraction of sp³-hybridized carbons (Fsp3) is 0.321. The number of hydrogen-bond donors (Lipinski definition) is 2. The number of pyridine rings is 1. The molecule has 0 unspecified atom stereocenters. The maximum Gasteiger partial charge on any atom is 0.293 e. The lowest BCUT2D eigenvalue weighted by atomic mass is 10.1. The lowest BCUT2D eigenvalue weighted by Crippen LogP contribution is -2.30. The van der Waals surface area contributed by atoms with Crippen molar-refractivity contribution in [2.75, 3.05) is 45.2 Å². The van der Waals surface area contributed by atoms with Gasteiger partial charge in [0, 0.05) is 35.9 Å². The van der Waals surface area contributed by atoms with Crippen molar-refractivity contribution in [1.82, 2.24) is 24.9 Å². The number of likely N-dealkylation sites (tertiary alicyclic amines) is 1. The van der Waals surface area contributed by atoms with Gasteiger partial charge >= 0.3 is 0 Å². The average molecular weight is 553 g/mol. The van der Waals surface area contributed by atoms with Crippen molar-refractivity contribution in [3.8, 4) is 11.1 Å². The van der Waals surface area contributed by atoms with Gasteiger partial charge in [-0.1, -0.05) is 41.4 Å². The third-order valence-corrected chi connectivity index (χ3v) is 7.35. The van der Waals surface area contributed by atoms with E-state index < -0.39 is 5.56 Å². The van der Waals surface area contributed by atoms with Crippen molar-refractivity contribution in [2.45, 2.75) is 19.3 Å². The first-order valence-corrected chi connectivity index (χ1v) is 13.5. The molecule has 1 fully saturated rings. The van der Waals surface area contributed by atoms with E-state index in [4.69, 9.17) is 28.0 Å². The van der Waals surface area contributed by atoms with E-state index in [1.165, 1.54) is 38.6 Å². The Balaban J connectivity index is 1.27. The Morgan fingerprint density at radius 3 is 2.47 bits per heavy atom. The van der Waals surface area contributed by atoms with E-state index in [9.17, 15) is 4.79 Å². The van der Waals surface area contributed by atoms with Crippen LogP contribution >= 0.6 is 23.2 Å². The van der Waals surface area contributed by atoms with Crippen LogP contribution in [0.25, 0.3) is 22.2 Å². The average Bonchev–Trinajstić information content (AvgIpc) is 3.43. The van der Waals surface area contributed by atoms with E-state index in [2.05, 4.69) is 37.6 Å². The zero-order chi connectivity index (χ0) is 26.5. The monoisotopic (exact) mass is 552 g/mol. The largest absolute Gasteiger partial charge is 0.412 e. The van der Waals surface area contributed by atoms with Crippen LogP contribution in [0.3, 0.4) is 0 Å². The van der Waals surface area contributed by atoms with E-state index in [0.717, 1.165) is 36.5 Å². The number of halogens is 2. The van der Waals surface area contributed by atoms with Crippen molar-refractivity contribution in [1.29, 1.82) is 0 Å². The van der Waals surface area contributed by atoms with E-state index >= 15 is 0 Å². The van der Waals surface area contributed by atoms with Crippen LogP contribution in [0.2, 0.25) is 10.0 Å². The van der Waals surface area contributed by atoms with Gasteiger partial charge in [-0.3, -0.25) is 4.79 Å². The highest BCUT2D eigenvalue weighted by atomic mass is 35.5. The summed E-state index contributed by atoms with van der Waals surface area (Å²) < 4.78 is 1.12. The molecule has 2 aromatic heterocycles. The summed E-state index contributed by atoms with van der Waals surface area (Å²) in [5.41, 5.74) is 2.76. The second kappa shape index (κ2) is 12.1. The molecule has 0 atom stereocenters. The van der Waals surface area contributed by atoms with Crippen LogP contribution in [-0.2, 0) is 6.42 Å². The highest BCUT2D eigenvalue weighted by molar-refractivity contribution is 6.39. The van der Waals surface area contributed by atoms with Crippen molar-refractivity contribution < 1.29 is 4.84 Å². The summed E-state index contributed by atoms with van der Waals surface area (Å²) in [4.78, 5) is 30.1. The number of benzene rings is 2. The minimum absolute atomic E-state index is 0.306. The molecule has 2 N–H and O–H groups in total. The number of aromatic nitrogens is 3. The molecule has 8 nitrogen and oxygen atoms in total. The number of nitrogens with one attached hydrogen (secondary N) is 2. The summed E-state index contributed by atoms with van der Waals surface area (Å²) in [6, 6.07) is 15.0. The lowest BCUT2D eigenvalue weighted by molar-refractivity contribution is 0.168. The summed E-state index contributed by atoms with van der Waals surface area (Å²) in [6.45, 7) is 5.57. The molecule has 1 aliphatic rings. The Labute approximate surface area is 231 Å². The number of anilines is 2. The molecule has 5 rings (SSSR count). The van der Waals surface area contributed by atoms with Gasteiger partial charge in [-0.15, -0.1) is 4.73 Å². The van der Waals surface area contributed by atoms with Crippen molar-refractivity contribution in [2.24, 2.45) is 0 Å². The van der Waals surface area contributed by atoms with Crippen LogP contribution in [0.15, 0.2) is 59.5 Å². The molecule has 38 heavy (non-hydrogen) atoms. The Bertz CT molecular complexity index is 1450. The standard InChI is InChI=1S/C28H30Cl2N6O2/c1-38-36-26-20(17-22(27(36)37)25-23(29)5-4-6-24(25)30)18-32-28(34-26)33-21-9-7-19(8-10-21)11-12-31-13-16-35-14-2-3-15-35/h4-10,17-18,31H,2-3,11-16H2,1H3,(H,32,33,34). The summed E-state index contributed by atoms with van der Waals surface area (Å²) in [7, 11) is 1.41. The van der Waals surface area contributed by atoms with Crippen LogP contribution in [0.1, 0.15) is 18.4 Å². The molecular formula is C28H30Cl2N6O2. The number of rotatable bonds is 10. The smallest absolute Gasteiger partial charge is 0.293 e. The third-order valence-electron chi connectivity index (χ3n) is 6.72. The molecule has 0 amide bonds. The summed E-state index contributed by atoms with van der Waals surface area (Å²) >= 11 is 12.7. The number of fused-ring (bicyclic) bond motifs is 1. The van der Waals surface area contributed by atoms with E-state index in [-0.39, 0.29) is 0 Å². The first-order chi connectivity index (χ1) is 18.5. The van der Waals surface area contributed by atoms with Gasteiger partial charge in [-0.2, -0.15) is 4.98 Å². The molecule has 0 aliphatic carbocycles. The van der Waals surface area contributed by atoms with E-state index in [1.54, 1.807) is 30.5 Å². The SMILES string of the molecule is COn1c(=O)c(-c2c(Cl)cccc2Cl)cc2cnc(Nc3ccc(CCNCCN4CCCC4)cc3)nc21. The molecule has 4 aromatic rings. The van der Waals surface area contributed by atoms with Gasteiger partial charge in [0.1, 0.15) is 7.11 Å². The Kier molecular flexibility index (Phi) is 8.44. The van der Waals surface area contributed by atoms with Crippen LogP contribution in [0.4, 0.5) is 11.6 Å². The van der Waals surface area contributed by atoms with Crippen LogP contribution in [0.5, 0.6) is 0 Å². The highest BCUT2D eigenvalue weighted by Crippen LogP contribution is 2.33. The van der Waals surface area contributed by atoms with Crippen LogP contribution in [0, 0.1) is 0 Å². The van der Waals surface area contributed by atoms with Crippen LogP contribution < -0.4 is 21.0 Å². The minimum atomic E-state index is -0.418. The Morgan fingerprint density at radius 2 is 1.76 bits per heavy atom. The van der Waals surface area contributed by atoms with Gasteiger partial charge in [0.2, 0.25) is 5.95 Å². The van der Waals surface area contributed by atoms with Gasteiger partial charge in [0.25, 0.3) is 5.56 Å². The predicted molar refractivity (Wildman–Crippen MR) is 154 cm³/mol. The quantitative estimate of drug-likeness (QED) is 0.273. The second-order valence-corrected chi connectivity index (χ2v) is 10.1. The molecule has 0 saturated carbocycles. The number of nitrogens with zero attached hydrogens (tertiary/aromatic N) is 4. The summed E-state index contributed by atoms with van der Waals surface area (Å²) in [6.07, 6.45) is 5.26. The van der Waals surface area contributed by atoms with Gasteiger partial charge < -0.3 is 20.4 Å². The van der Waals surface area contributed by atoms with Gasteiger partial charge in [0.05, 0.1) is 15.6 Å². The molecule has 1 aliphatic heterocycles. The van der Waals surface area contributed by atoms with Crippen molar-refractivity contribution >= 4 is 45.9 Å². The topological polar surface area (TPSA) is 84.3 Å². The zero-order valence-electron chi connectivity index (χ0n) is 21.2. The summed E-state index contributed by atoms with van der Waals surface area (Å²) in [5.74, 6) is 0.350. The van der Waals surface area contributed by atoms with Gasteiger partial charge in [-0.05, 0) is 74.8 Å². The molecule has 0 radical (unpaired) electrons. The normalized spacial score (nSPS) is 13.8. The zero-order valence-corrected chi connectivity index (χ0v) is 22.7. The molecule has 3 heterocycles. The lowest BCUT2D eigenvalue weighted by Gasteiger charge is -2.14. The molecular weight excluding hydrogens is 523 g/mol. The van der Waals surface area contributed by atoms with E-state index in [0.29, 0.717) is 38.2 Å². The third kappa shape index (κ3) is 5.94. The fourth-order valence-electron chi connectivity index (χ4n) is 4.72. The van der Waals surface area contributed by atoms with E-state index in [1.807, 2.05) is 12.1 Å². The number of hydrogen-bond acceptors (Lipinski definition) is 7. The maximum absolute atomic E-state index is 13.3. The van der Waals surface area contributed by atoms with Gasteiger partial charge in [-0.25, -0.2) is 4.98 Å². The molecule has 10 heteroatoms. The summed E-state index contributed by atoms with van der Waals surface area (Å²) in [5, 5.41) is 8.10. The van der Waals surface area contributed by atoms with Crippen molar-refractivity contribution in [3.63, 3.8) is 0 Å². The first-order valence-electron chi connectivity index (χ1n) is 12.7. The van der Waals surface area contributed by atoms with Crippen LogP contribution in [-0.4, -0.2) is 59.4 Å². The molecule has 0 bridgehead atoms. The minimum Gasteiger partial charge on any atom is -0.412 e. The molecule has 2 aromatic carbocycles. The fourth-order valence-corrected chi connectivity index (χ4v) is 5.32. The highest BCUT2D eigenvalue weighted by Gasteiger charge is 2.18. The van der Waals surface area contributed by atoms with Gasteiger partial charge in [0.15, 0.2) is 5.65 Å². The Morgan fingerprint density at radius 1 is 1.03 bits per heavy atom. The second-order valence-electron chi connectivity index (χ2n) is 9.28. The van der Waals surface area contributed by atoms with Crippen molar-refractivity contribution in [3.05, 3.63) is 80.7 Å². The molecule has 1 saturated heterocycles. The first kappa shape index (κ1) is 26.4. The maximum atomic E-state index is 13.3.